The highest BCUT2D eigenvalue weighted by molar-refractivity contribution is 7.99. The molecule has 0 saturated carbocycles. The zero-order valence-corrected chi connectivity index (χ0v) is 24.3. The van der Waals surface area contributed by atoms with Crippen molar-refractivity contribution in [2.24, 2.45) is 11.8 Å². The fraction of sp³-hybridized carbons (Fsp3) is 0.556. The maximum absolute atomic E-state index is 12.9. The molecule has 40 heavy (non-hydrogen) atoms. The minimum absolute atomic E-state index is 0.0455. The molecule has 4 rings (SSSR count). The van der Waals surface area contributed by atoms with Crippen LogP contribution in [-0.2, 0) is 17.5 Å². The molecular formula is C27H35F3N6O2S2. The van der Waals surface area contributed by atoms with Gasteiger partial charge in [-0.2, -0.15) is 13.2 Å². The summed E-state index contributed by atoms with van der Waals surface area (Å²) in [5.74, 6) is 0.848. The molecule has 0 bridgehead atoms. The molecule has 2 aliphatic heterocycles. The summed E-state index contributed by atoms with van der Waals surface area (Å²) in [4.78, 5) is 29.0. The Kier molecular flexibility index (Phi) is 10.4. The van der Waals surface area contributed by atoms with Gasteiger partial charge in [-0.25, -0.2) is 4.79 Å². The van der Waals surface area contributed by atoms with Crippen LogP contribution in [0.2, 0.25) is 0 Å². The molecule has 1 aromatic carbocycles. The van der Waals surface area contributed by atoms with Gasteiger partial charge in [0.2, 0.25) is 5.91 Å². The smallest absolute Gasteiger partial charge is 0.339 e. The molecule has 218 valence electrons. The second-order valence-electron chi connectivity index (χ2n) is 10.0. The van der Waals surface area contributed by atoms with Gasteiger partial charge in [-0.1, -0.05) is 35.7 Å². The van der Waals surface area contributed by atoms with E-state index in [-0.39, 0.29) is 11.9 Å². The number of rotatable bonds is 8. The number of hydrogen-bond donors (Lipinski definition) is 1. The molecule has 1 N–H and O–H groups in total. The van der Waals surface area contributed by atoms with E-state index in [4.69, 9.17) is 0 Å². The summed E-state index contributed by atoms with van der Waals surface area (Å²) in [6.07, 6.45) is 5.99. The number of nitrogens with zero attached hydrogens (tertiary/aromatic N) is 5. The molecule has 1 aromatic heterocycles. The van der Waals surface area contributed by atoms with Gasteiger partial charge in [0.05, 0.1) is 5.56 Å². The predicted molar refractivity (Wildman–Crippen MR) is 151 cm³/mol. The Balaban J connectivity index is 1.17. The zero-order chi connectivity index (χ0) is 28.7. The van der Waals surface area contributed by atoms with Crippen molar-refractivity contribution in [1.29, 1.82) is 0 Å². The summed E-state index contributed by atoms with van der Waals surface area (Å²) in [6, 6.07) is 4.91. The largest absolute Gasteiger partial charge is 0.416 e. The van der Waals surface area contributed by atoms with Crippen LogP contribution in [0, 0.1) is 11.8 Å². The van der Waals surface area contributed by atoms with Crippen molar-refractivity contribution in [1.82, 2.24) is 29.9 Å². The highest BCUT2D eigenvalue weighted by Crippen LogP contribution is 2.33. The number of likely N-dealkylation sites (tertiary alicyclic amines) is 2. The van der Waals surface area contributed by atoms with Gasteiger partial charge in [0, 0.05) is 45.3 Å². The summed E-state index contributed by atoms with van der Waals surface area (Å²) in [6.45, 7) is 3.83. The van der Waals surface area contributed by atoms with E-state index in [1.807, 2.05) is 22.0 Å². The number of thioether (sulfide) groups is 2. The Morgan fingerprint density at radius 2 is 1.55 bits per heavy atom. The third kappa shape index (κ3) is 7.74. The summed E-state index contributed by atoms with van der Waals surface area (Å²) in [5.41, 5.74) is -0.380. The van der Waals surface area contributed by atoms with E-state index in [9.17, 15) is 22.8 Å². The lowest BCUT2D eigenvalue weighted by Gasteiger charge is -2.40. The molecule has 13 heteroatoms. The van der Waals surface area contributed by atoms with E-state index in [1.165, 1.54) is 41.7 Å². The number of alkyl halides is 3. The van der Waals surface area contributed by atoms with Crippen LogP contribution in [0.15, 0.2) is 40.7 Å². The molecule has 2 saturated heterocycles. The second kappa shape index (κ2) is 13.8. The molecule has 8 nitrogen and oxygen atoms in total. The molecule has 2 aliphatic rings. The number of carbonyl (C=O) groups is 2. The van der Waals surface area contributed by atoms with Gasteiger partial charge in [-0.15, -0.1) is 10.2 Å². The number of benzene rings is 1. The first-order valence-corrected chi connectivity index (χ1v) is 15.8. The van der Waals surface area contributed by atoms with Crippen molar-refractivity contribution in [3.8, 4) is 0 Å². The third-order valence-corrected chi connectivity index (χ3v) is 8.97. The normalized spacial score (nSPS) is 17.5. The summed E-state index contributed by atoms with van der Waals surface area (Å²) in [5, 5.41) is 13.0. The van der Waals surface area contributed by atoms with Gasteiger partial charge in [-0.05, 0) is 73.8 Å². The van der Waals surface area contributed by atoms with Crippen molar-refractivity contribution in [2.75, 3.05) is 45.2 Å². The summed E-state index contributed by atoms with van der Waals surface area (Å²) >= 11 is 3.06. The van der Waals surface area contributed by atoms with Gasteiger partial charge < -0.3 is 15.1 Å². The average Bonchev–Trinajstić information content (AvgIpc) is 3.37. The number of nitrogens with one attached hydrogen (secondary N) is 1. The van der Waals surface area contributed by atoms with E-state index < -0.39 is 11.7 Å². The quantitative estimate of drug-likeness (QED) is 0.337. The molecule has 2 aromatic rings. The van der Waals surface area contributed by atoms with E-state index in [0.717, 1.165) is 48.1 Å². The van der Waals surface area contributed by atoms with E-state index in [1.54, 1.807) is 11.0 Å². The van der Waals surface area contributed by atoms with Crippen LogP contribution in [-0.4, -0.2) is 81.7 Å². The highest BCUT2D eigenvalue weighted by Gasteiger charge is 2.32. The number of hydrogen-bond acceptors (Lipinski definition) is 6. The van der Waals surface area contributed by atoms with E-state index >= 15 is 0 Å². The number of piperidine rings is 2. The number of amides is 3. The van der Waals surface area contributed by atoms with Gasteiger partial charge in [0.25, 0.3) is 0 Å². The fourth-order valence-corrected chi connectivity index (χ4v) is 6.51. The molecule has 0 spiro atoms. The van der Waals surface area contributed by atoms with Crippen molar-refractivity contribution in [2.45, 2.75) is 48.7 Å². The van der Waals surface area contributed by atoms with Crippen LogP contribution < -0.4 is 5.32 Å². The Morgan fingerprint density at radius 1 is 0.975 bits per heavy atom. The van der Waals surface area contributed by atoms with Crippen LogP contribution >= 0.6 is 23.5 Å². The standard InChI is InChI=1S/C27H35F3N6O2S2/c1-39-25-32-33-26(40-2)36(25)17-12-31-24(38)35-15-10-21(11-16-35)20-8-13-34(14-9-20)23(37)7-6-19-4-3-5-22(18-19)27(28,29)30/h3-7,18,20-21H,8-17H2,1-2H3,(H,31,38). The number of carbonyl (C=O) groups excluding carboxylic acids is 2. The first-order valence-electron chi connectivity index (χ1n) is 13.4. The minimum atomic E-state index is -4.41. The molecule has 3 amide bonds. The fourth-order valence-electron chi connectivity index (χ4n) is 5.41. The Hall–Kier alpha value is -2.67. The van der Waals surface area contributed by atoms with Crippen LogP contribution in [0.25, 0.3) is 6.08 Å². The van der Waals surface area contributed by atoms with Gasteiger partial charge >= 0.3 is 12.2 Å². The second-order valence-corrected chi connectivity index (χ2v) is 11.5. The van der Waals surface area contributed by atoms with Crippen molar-refractivity contribution in [3.05, 3.63) is 41.5 Å². The molecular weight excluding hydrogens is 561 g/mol. The maximum Gasteiger partial charge on any atom is 0.416 e. The summed E-state index contributed by atoms with van der Waals surface area (Å²) in [7, 11) is 0. The lowest BCUT2D eigenvalue weighted by Crippen LogP contribution is -2.47. The van der Waals surface area contributed by atoms with E-state index in [0.29, 0.717) is 56.7 Å². The SMILES string of the molecule is CSc1nnc(SC)n1CCNC(=O)N1CCC(C2CCN(C(=O)C=Cc3cccc(C(F)(F)F)c3)CC2)CC1. The van der Waals surface area contributed by atoms with Crippen LogP contribution in [0.4, 0.5) is 18.0 Å². The number of aromatic nitrogens is 3. The van der Waals surface area contributed by atoms with Crippen LogP contribution in [0.3, 0.4) is 0 Å². The van der Waals surface area contributed by atoms with Crippen molar-refractivity contribution >= 4 is 41.5 Å². The molecule has 0 unspecified atom stereocenters. The lowest BCUT2D eigenvalue weighted by molar-refractivity contribution is -0.137. The average molecular weight is 597 g/mol. The van der Waals surface area contributed by atoms with Crippen LogP contribution in [0.1, 0.15) is 36.8 Å². The van der Waals surface area contributed by atoms with Crippen molar-refractivity contribution in [3.63, 3.8) is 0 Å². The molecule has 0 radical (unpaired) electrons. The number of urea groups is 1. The Morgan fingerprint density at radius 3 is 2.10 bits per heavy atom. The number of halogens is 3. The predicted octanol–water partition coefficient (Wildman–Crippen LogP) is 5.11. The first-order chi connectivity index (χ1) is 19.2. The van der Waals surface area contributed by atoms with E-state index in [2.05, 4.69) is 15.5 Å². The van der Waals surface area contributed by atoms with Crippen molar-refractivity contribution < 1.29 is 22.8 Å². The maximum atomic E-state index is 12.9. The van der Waals surface area contributed by atoms with Gasteiger partial charge in [-0.3, -0.25) is 9.36 Å². The molecule has 0 aliphatic carbocycles. The summed E-state index contributed by atoms with van der Waals surface area (Å²) < 4.78 is 40.8. The monoisotopic (exact) mass is 596 g/mol. The van der Waals surface area contributed by atoms with Crippen LogP contribution in [0.5, 0.6) is 0 Å². The first kappa shape index (κ1) is 30.3. The lowest BCUT2D eigenvalue weighted by atomic mass is 9.79. The molecule has 0 atom stereocenters. The minimum Gasteiger partial charge on any atom is -0.339 e. The topological polar surface area (TPSA) is 83.4 Å². The molecule has 2 fully saturated rings. The Bertz CT molecular complexity index is 1170. The third-order valence-electron chi connectivity index (χ3n) is 7.64. The van der Waals surface area contributed by atoms with Gasteiger partial charge in [0.15, 0.2) is 10.3 Å². The Labute approximate surface area is 241 Å². The van der Waals surface area contributed by atoms with Gasteiger partial charge in [0.1, 0.15) is 0 Å². The zero-order valence-electron chi connectivity index (χ0n) is 22.7. The molecule has 3 heterocycles. The highest BCUT2D eigenvalue weighted by atomic mass is 32.2.